The normalized spacial score (nSPS) is 16.4. The Hall–Kier alpha value is -2.65. The lowest BCUT2D eigenvalue weighted by atomic mass is 10.1. The van der Waals surface area contributed by atoms with Crippen LogP contribution in [-0.2, 0) is 29.6 Å². The highest BCUT2D eigenvalue weighted by molar-refractivity contribution is 5.79. The number of rotatable bonds is 11. The van der Waals surface area contributed by atoms with Crippen molar-refractivity contribution in [1.82, 2.24) is 25.4 Å². The van der Waals surface area contributed by atoms with Crippen LogP contribution in [0.3, 0.4) is 0 Å². The molecular formula is C23H36N6O3. The number of hydrogen-bond donors (Lipinski definition) is 2. The van der Waals surface area contributed by atoms with Crippen molar-refractivity contribution < 1.29 is 14.2 Å². The fraction of sp³-hybridized carbons (Fsp3) is 0.609. The second-order valence-electron chi connectivity index (χ2n) is 8.17. The van der Waals surface area contributed by atoms with Gasteiger partial charge in [-0.25, -0.2) is 4.99 Å². The average Bonchev–Trinajstić information content (AvgIpc) is 3.42. The zero-order valence-electron chi connectivity index (χ0n) is 19.7. The van der Waals surface area contributed by atoms with Gasteiger partial charge in [-0.3, -0.25) is 0 Å². The first-order chi connectivity index (χ1) is 15.6. The van der Waals surface area contributed by atoms with Gasteiger partial charge in [-0.05, 0) is 38.3 Å². The summed E-state index contributed by atoms with van der Waals surface area (Å²) in [7, 11) is 3.67. The summed E-state index contributed by atoms with van der Waals surface area (Å²) in [6.07, 6.45) is 1.95. The lowest BCUT2D eigenvalue weighted by molar-refractivity contribution is 0.166. The summed E-state index contributed by atoms with van der Waals surface area (Å²) in [4.78, 5) is 4.80. The molecule has 0 bridgehead atoms. The van der Waals surface area contributed by atoms with E-state index in [0.29, 0.717) is 32.2 Å². The predicted octanol–water partition coefficient (Wildman–Crippen LogP) is 2.12. The van der Waals surface area contributed by atoms with Crippen LogP contribution in [0.15, 0.2) is 23.2 Å². The molecule has 2 N–H and O–H groups in total. The summed E-state index contributed by atoms with van der Waals surface area (Å²) in [6.45, 7) is 8.79. The highest BCUT2D eigenvalue weighted by Crippen LogP contribution is 2.23. The Morgan fingerprint density at radius 3 is 2.88 bits per heavy atom. The molecule has 1 aromatic carbocycles. The summed E-state index contributed by atoms with van der Waals surface area (Å²) in [5, 5.41) is 15.1. The molecule has 9 nitrogen and oxygen atoms in total. The summed E-state index contributed by atoms with van der Waals surface area (Å²) in [6, 6.07) is 6.27. The van der Waals surface area contributed by atoms with Gasteiger partial charge in [0.1, 0.15) is 11.6 Å². The first kappa shape index (κ1) is 24.0. The summed E-state index contributed by atoms with van der Waals surface area (Å²) >= 11 is 0. The minimum Gasteiger partial charge on any atom is -0.493 e. The van der Waals surface area contributed by atoms with Crippen LogP contribution < -0.4 is 15.4 Å². The first-order valence-electron chi connectivity index (χ1n) is 11.2. The number of aliphatic imine (C=N–C) groups is 1. The third kappa shape index (κ3) is 7.20. The van der Waals surface area contributed by atoms with Crippen molar-refractivity contribution in [3.05, 3.63) is 41.0 Å². The van der Waals surface area contributed by atoms with Crippen LogP contribution in [-0.4, -0.2) is 60.8 Å². The van der Waals surface area contributed by atoms with Crippen molar-refractivity contribution >= 4 is 5.96 Å². The maximum absolute atomic E-state index is 6.17. The van der Waals surface area contributed by atoms with Gasteiger partial charge in [0.25, 0.3) is 0 Å². The molecule has 1 unspecified atom stereocenters. The van der Waals surface area contributed by atoms with Gasteiger partial charge in [-0.15, -0.1) is 10.2 Å². The topological polar surface area (TPSA) is 94.8 Å². The van der Waals surface area contributed by atoms with E-state index < -0.39 is 0 Å². The summed E-state index contributed by atoms with van der Waals surface area (Å²) < 4.78 is 18.8. The van der Waals surface area contributed by atoms with Crippen LogP contribution in [0.4, 0.5) is 0 Å². The molecular weight excluding hydrogens is 408 g/mol. The highest BCUT2D eigenvalue weighted by Gasteiger charge is 2.17. The number of methoxy groups -OCH3 is 1. The molecule has 0 amide bonds. The number of benzene rings is 1. The van der Waals surface area contributed by atoms with E-state index in [1.807, 2.05) is 18.5 Å². The van der Waals surface area contributed by atoms with Crippen LogP contribution in [0.5, 0.6) is 5.75 Å². The molecule has 176 valence electrons. The number of guanidine groups is 1. The monoisotopic (exact) mass is 444 g/mol. The lowest BCUT2D eigenvalue weighted by Gasteiger charge is -2.15. The molecule has 1 aliphatic rings. The Labute approximate surface area is 190 Å². The van der Waals surface area contributed by atoms with Crippen LogP contribution >= 0.6 is 0 Å². The molecule has 0 aliphatic carbocycles. The Morgan fingerprint density at radius 1 is 1.28 bits per heavy atom. The van der Waals surface area contributed by atoms with Crippen LogP contribution in [0.1, 0.15) is 35.6 Å². The zero-order valence-corrected chi connectivity index (χ0v) is 19.7. The highest BCUT2D eigenvalue weighted by atomic mass is 16.5. The van der Waals surface area contributed by atoms with E-state index in [9.17, 15) is 0 Å². The van der Waals surface area contributed by atoms with Gasteiger partial charge in [0.05, 0.1) is 26.3 Å². The number of aryl methyl sites for hydroxylation is 2. The van der Waals surface area contributed by atoms with Crippen molar-refractivity contribution in [2.75, 3.05) is 40.1 Å². The van der Waals surface area contributed by atoms with E-state index >= 15 is 0 Å². The molecule has 1 atom stereocenters. The molecule has 1 aliphatic heterocycles. The van der Waals surface area contributed by atoms with Gasteiger partial charge in [-0.1, -0.05) is 12.1 Å². The SMILES string of the molecule is COCCCNC(=NCc1ccc(C)cc1OCC1CCOC1)NCc1nnc(C)n1C. The average molecular weight is 445 g/mol. The Kier molecular flexibility index (Phi) is 9.30. The molecule has 3 rings (SSSR count). The van der Waals surface area contributed by atoms with Crippen LogP contribution in [0.2, 0.25) is 0 Å². The van der Waals surface area contributed by atoms with Crippen molar-refractivity contribution in [1.29, 1.82) is 0 Å². The Bertz CT molecular complexity index is 877. The Balaban J connectivity index is 1.66. The van der Waals surface area contributed by atoms with E-state index in [1.165, 1.54) is 5.56 Å². The minimum absolute atomic E-state index is 0.460. The molecule has 0 radical (unpaired) electrons. The van der Waals surface area contributed by atoms with Gasteiger partial charge in [0, 0.05) is 45.4 Å². The second-order valence-corrected chi connectivity index (χ2v) is 8.17. The van der Waals surface area contributed by atoms with Gasteiger partial charge in [0.15, 0.2) is 11.8 Å². The fourth-order valence-corrected chi connectivity index (χ4v) is 3.38. The van der Waals surface area contributed by atoms with Crippen molar-refractivity contribution in [3.8, 4) is 5.75 Å². The lowest BCUT2D eigenvalue weighted by Crippen LogP contribution is -2.38. The standard InChI is InChI=1S/C23H36N6O3/c1-17-6-7-20(21(12-17)32-16-19-8-11-31-15-19)13-25-23(24-9-5-10-30-4)26-14-22-28-27-18(2)29(22)3/h6-7,12,19H,5,8-11,13-16H2,1-4H3,(H2,24,25,26). The maximum Gasteiger partial charge on any atom is 0.191 e. The van der Waals surface area contributed by atoms with Gasteiger partial charge >= 0.3 is 0 Å². The van der Waals surface area contributed by atoms with E-state index in [0.717, 1.165) is 61.5 Å². The molecule has 1 saturated heterocycles. The van der Waals surface area contributed by atoms with E-state index in [2.05, 4.69) is 46.0 Å². The molecule has 1 fully saturated rings. The van der Waals surface area contributed by atoms with Crippen molar-refractivity contribution in [3.63, 3.8) is 0 Å². The molecule has 1 aromatic heterocycles. The Morgan fingerprint density at radius 2 is 2.16 bits per heavy atom. The molecule has 32 heavy (non-hydrogen) atoms. The fourth-order valence-electron chi connectivity index (χ4n) is 3.38. The number of hydrogen-bond acceptors (Lipinski definition) is 6. The number of nitrogens with zero attached hydrogens (tertiary/aromatic N) is 4. The van der Waals surface area contributed by atoms with Crippen molar-refractivity contribution in [2.24, 2.45) is 18.0 Å². The maximum atomic E-state index is 6.17. The molecule has 0 saturated carbocycles. The van der Waals surface area contributed by atoms with Gasteiger partial charge < -0.3 is 29.4 Å². The predicted molar refractivity (Wildman–Crippen MR) is 124 cm³/mol. The third-order valence-corrected chi connectivity index (χ3v) is 5.54. The quantitative estimate of drug-likeness (QED) is 0.311. The number of ether oxygens (including phenoxy) is 3. The number of nitrogens with one attached hydrogen (secondary N) is 2. The number of aromatic nitrogens is 3. The smallest absolute Gasteiger partial charge is 0.191 e. The summed E-state index contributed by atoms with van der Waals surface area (Å²) in [5.74, 6) is 3.80. The van der Waals surface area contributed by atoms with Crippen LogP contribution in [0.25, 0.3) is 0 Å². The summed E-state index contributed by atoms with van der Waals surface area (Å²) in [5.41, 5.74) is 2.23. The van der Waals surface area contributed by atoms with E-state index in [4.69, 9.17) is 19.2 Å². The molecule has 2 aromatic rings. The van der Waals surface area contributed by atoms with E-state index in [1.54, 1.807) is 7.11 Å². The van der Waals surface area contributed by atoms with E-state index in [-0.39, 0.29) is 0 Å². The molecule has 9 heteroatoms. The van der Waals surface area contributed by atoms with Crippen molar-refractivity contribution in [2.45, 2.75) is 39.8 Å². The van der Waals surface area contributed by atoms with Gasteiger partial charge in [0.2, 0.25) is 0 Å². The first-order valence-corrected chi connectivity index (χ1v) is 11.2. The molecule has 2 heterocycles. The minimum atomic E-state index is 0.460. The zero-order chi connectivity index (χ0) is 22.8. The van der Waals surface area contributed by atoms with Gasteiger partial charge in [-0.2, -0.15) is 0 Å². The molecule has 0 spiro atoms. The second kappa shape index (κ2) is 12.4. The van der Waals surface area contributed by atoms with Crippen LogP contribution in [0, 0.1) is 19.8 Å². The third-order valence-electron chi connectivity index (χ3n) is 5.54. The largest absolute Gasteiger partial charge is 0.493 e.